The molecule has 4 nitrogen and oxygen atoms in total. The van der Waals surface area contributed by atoms with E-state index in [1.165, 1.54) is 11.8 Å². The summed E-state index contributed by atoms with van der Waals surface area (Å²) in [6.45, 7) is 7.06. The Hall–Kier alpha value is -1.33. The molecule has 1 aromatic rings. The molecule has 0 spiro atoms. The normalized spacial score (nSPS) is 10.6. The Morgan fingerprint density at radius 3 is 2.35 bits per heavy atom. The Morgan fingerprint density at radius 2 is 1.80 bits per heavy atom. The van der Waals surface area contributed by atoms with E-state index in [4.69, 9.17) is 0 Å². The Labute approximate surface area is 124 Å². The molecule has 0 unspecified atom stereocenters. The maximum atomic E-state index is 11.9. The van der Waals surface area contributed by atoms with Crippen molar-refractivity contribution >= 4 is 22.8 Å². The van der Waals surface area contributed by atoms with Crippen molar-refractivity contribution in [3.63, 3.8) is 0 Å². The van der Waals surface area contributed by atoms with E-state index in [1.54, 1.807) is 19.1 Å². The SMILES string of the molecule is CC(=O)SCc1ccc(C(=O)NCCNC(C)C)cc1. The highest BCUT2D eigenvalue weighted by molar-refractivity contribution is 8.12. The topological polar surface area (TPSA) is 58.2 Å². The lowest BCUT2D eigenvalue weighted by molar-refractivity contribution is -0.109. The van der Waals surface area contributed by atoms with Crippen LogP contribution >= 0.6 is 11.8 Å². The zero-order valence-electron chi connectivity index (χ0n) is 12.2. The van der Waals surface area contributed by atoms with Gasteiger partial charge in [0.2, 0.25) is 0 Å². The molecule has 1 rings (SSSR count). The van der Waals surface area contributed by atoms with Gasteiger partial charge in [0.1, 0.15) is 0 Å². The minimum atomic E-state index is -0.0682. The minimum absolute atomic E-state index is 0.0682. The van der Waals surface area contributed by atoms with Crippen LogP contribution in [-0.4, -0.2) is 30.2 Å². The third kappa shape index (κ3) is 6.73. The Morgan fingerprint density at radius 1 is 1.15 bits per heavy atom. The van der Waals surface area contributed by atoms with Crippen LogP contribution in [0.4, 0.5) is 0 Å². The van der Waals surface area contributed by atoms with Gasteiger partial charge in [-0.2, -0.15) is 0 Å². The Bertz CT molecular complexity index is 444. The maximum Gasteiger partial charge on any atom is 0.251 e. The molecule has 1 amide bonds. The molecule has 2 N–H and O–H groups in total. The summed E-state index contributed by atoms with van der Waals surface area (Å²) >= 11 is 1.27. The second-order valence-electron chi connectivity index (χ2n) is 4.84. The van der Waals surface area contributed by atoms with Gasteiger partial charge in [-0.25, -0.2) is 0 Å². The fourth-order valence-corrected chi connectivity index (χ4v) is 2.14. The van der Waals surface area contributed by atoms with Gasteiger partial charge < -0.3 is 10.6 Å². The lowest BCUT2D eigenvalue weighted by Crippen LogP contribution is -2.34. The van der Waals surface area contributed by atoms with Crippen molar-refractivity contribution in [3.05, 3.63) is 35.4 Å². The Balaban J connectivity index is 2.39. The highest BCUT2D eigenvalue weighted by Gasteiger charge is 2.05. The molecule has 0 atom stereocenters. The summed E-state index contributed by atoms with van der Waals surface area (Å²) in [5.74, 6) is 0.580. The number of amides is 1. The molecular weight excluding hydrogens is 272 g/mol. The van der Waals surface area contributed by atoms with Gasteiger partial charge in [0.05, 0.1) is 0 Å². The van der Waals surface area contributed by atoms with Gasteiger partial charge >= 0.3 is 0 Å². The molecule has 0 saturated heterocycles. The summed E-state index contributed by atoms with van der Waals surface area (Å²) in [7, 11) is 0. The van der Waals surface area contributed by atoms with E-state index in [9.17, 15) is 9.59 Å². The number of benzene rings is 1. The number of nitrogens with one attached hydrogen (secondary N) is 2. The van der Waals surface area contributed by atoms with E-state index in [1.807, 2.05) is 12.1 Å². The minimum Gasteiger partial charge on any atom is -0.351 e. The van der Waals surface area contributed by atoms with E-state index in [-0.39, 0.29) is 11.0 Å². The van der Waals surface area contributed by atoms with Crippen molar-refractivity contribution in [3.8, 4) is 0 Å². The number of carbonyl (C=O) groups excluding carboxylic acids is 2. The number of carbonyl (C=O) groups is 2. The lowest BCUT2D eigenvalue weighted by Gasteiger charge is -2.09. The molecular formula is C15H22N2O2S. The molecule has 0 radical (unpaired) electrons. The number of hydrogen-bond acceptors (Lipinski definition) is 4. The summed E-state index contributed by atoms with van der Waals surface area (Å²) in [4.78, 5) is 22.7. The van der Waals surface area contributed by atoms with Crippen molar-refractivity contribution in [2.75, 3.05) is 13.1 Å². The van der Waals surface area contributed by atoms with Crippen LogP contribution in [0.1, 0.15) is 36.7 Å². The molecule has 0 aliphatic rings. The molecule has 5 heteroatoms. The fraction of sp³-hybridized carbons (Fsp3) is 0.467. The average molecular weight is 294 g/mol. The maximum absolute atomic E-state index is 11.9. The first-order valence-electron chi connectivity index (χ1n) is 6.73. The summed E-state index contributed by atoms with van der Waals surface area (Å²) in [6.07, 6.45) is 0. The number of rotatable bonds is 7. The fourth-order valence-electron chi connectivity index (χ4n) is 1.58. The zero-order chi connectivity index (χ0) is 15.0. The van der Waals surface area contributed by atoms with Gasteiger partial charge in [-0.1, -0.05) is 37.7 Å². The number of thioether (sulfide) groups is 1. The largest absolute Gasteiger partial charge is 0.351 e. The third-order valence-electron chi connectivity index (χ3n) is 2.62. The lowest BCUT2D eigenvalue weighted by atomic mass is 10.1. The molecule has 0 aromatic heterocycles. The van der Waals surface area contributed by atoms with Gasteiger partial charge in [0.15, 0.2) is 5.12 Å². The summed E-state index contributed by atoms with van der Waals surface area (Å²) in [6, 6.07) is 7.78. The predicted octanol–water partition coefficient (Wildman–Crippen LogP) is 2.19. The van der Waals surface area contributed by atoms with Crippen LogP contribution in [-0.2, 0) is 10.5 Å². The van der Waals surface area contributed by atoms with Crippen LogP contribution in [0.3, 0.4) is 0 Å². The van der Waals surface area contributed by atoms with Crippen LogP contribution in [0.5, 0.6) is 0 Å². The van der Waals surface area contributed by atoms with Gasteiger partial charge in [0, 0.05) is 37.4 Å². The summed E-state index contributed by atoms with van der Waals surface area (Å²) in [5.41, 5.74) is 1.69. The first-order chi connectivity index (χ1) is 9.49. The van der Waals surface area contributed by atoms with Crippen molar-refractivity contribution in [1.29, 1.82) is 0 Å². The molecule has 0 saturated carbocycles. The van der Waals surface area contributed by atoms with Crippen molar-refractivity contribution < 1.29 is 9.59 Å². The van der Waals surface area contributed by atoms with Gasteiger partial charge in [0.25, 0.3) is 5.91 Å². The van der Waals surface area contributed by atoms with Gasteiger partial charge in [-0.3, -0.25) is 9.59 Å². The van der Waals surface area contributed by atoms with E-state index < -0.39 is 0 Å². The van der Waals surface area contributed by atoms with Crippen LogP contribution in [0, 0.1) is 0 Å². The van der Waals surface area contributed by atoms with Crippen molar-refractivity contribution in [1.82, 2.24) is 10.6 Å². The second kappa shape index (κ2) is 8.76. The third-order valence-corrected chi connectivity index (χ3v) is 3.51. The highest BCUT2D eigenvalue weighted by Crippen LogP contribution is 2.13. The Kier molecular flexibility index (Phi) is 7.33. The van der Waals surface area contributed by atoms with E-state index in [0.29, 0.717) is 23.9 Å². The van der Waals surface area contributed by atoms with Gasteiger partial charge in [-0.05, 0) is 17.7 Å². The van der Waals surface area contributed by atoms with Crippen LogP contribution in [0.2, 0.25) is 0 Å². The van der Waals surface area contributed by atoms with Crippen LogP contribution < -0.4 is 10.6 Å². The van der Waals surface area contributed by atoms with Crippen molar-refractivity contribution in [2.24, 2.45) is 0 Å². The smallest absolute Gasteiger partial charge is 0.251 e. The van der Waals surface area contributed by atoms with Gasteiger partial charge in [-0.15, -0.1) is 0 Å². The standard InChI is InChI=1S/C15H22N2O2S/c1-11(2)16-8-9-17-15(19)14-6-4-13(5-7-14)10-20-12(3)18/h4-7,11,16H,8-10H2,1-3H3,(H,17,19). The van der Waals surface area contributed by atoms with Crippen LogP contribution in [0.15, 0.2) is 24.3 Å². The van der Waals surface area contributed by atoms with Crippen LogP contribution in [0.25, 0.3) is 0 Å². The predicted molar refractivity (Wildman–Crippen MR) is 83.9 cm³/mol. The molecule has 0 aliphatic heterocycles. The van der Waals surface area contributed by atoms with E-state index in [2.05, 4.69) is 24.5 Å². The quantitative estimate of drug-likeness (QED) is 0.757. The molecule has 0 aliphatic carbocycles. The highest BCUT2D eigenvalue weighted by atomic mass is 32.2. The molecule has 1 aromatic carbocycles. The molecule has 0 bridgehead atoms. The average Bonchev–Trinajstić information content (AvgIpc) is 2.41. The number of hydrogen-bond donors (Lipinski definition) is 2. The second-order valence-corrected chi connectivity index (χ2v) is 5.99. The summed E-state index contributed by atoms with van der Waals surface area (Å²) < 4.78 is 0. The zero-order valence-corrected chi connectivity index (χ0v) is 13.0. The molecule has 110 valence electrons. The molecule has 0 heterocycles. The monoisotopic (exact) mass is 294 g/mol. The molecule has 0 fully saturated rings. The first kappa shape index (κ1) is 16.7. The van der Waals surface area contributed by atoms with E-state index in [0.717, 1.165) is 12.1 Å². The van der Waals surface area contributed by atoms with Crippen molar-refractivity contribution in [2.45, 2.75) is 32.6 Å². The first-order valence-corrected chi connectivity index (χ1v) is 7.71. The summed E-state index contributed by atoms with van der Waals surface area (Å²) in [5, 5.41) is 6.20. The molecule has 20 heavy (non-hydrogen) atoms. The van der Waals surface area contributed by atoms with E-state index >= 15 is 0 Å².